The van der Waals surface area contributed by atoms with Gasteiger partial charge in [-0.3, -0.25) is 14.9 Å². The van der Waals surface area contributed by atoms with Crippen molar-refractivity contribution in [1.29, 1.82) is 0 Å². The lowest BCUT2D eigenvalue weighted by atomic mass is 9.97. The van der Waals surface area contributed by atoms with E-state index in [0.717, 1.165) is 25.7 Å². The Labute approximate surface area is 140 Å². The van der Waals surface area contributed by atoms with E-state index in [1.807, 2.05) is 0 Å². The Morgan fingerprint density at radius 3 is 2.25 bits per heavy atom. The van der Waals surface area contributed by atoms with Gasteiger partial charge >= 0.3 is 5.97 Å². The summed E-state index contributed by atoms with van der Waals surface area (Å²) >= 11 is 0. The molecule has 1 aliphatic rings. The third-order valence-corrected chi connectivity index (χ3v) is 4.12. The topological polar surface area (TPSA) is 98.5 Å². The van der Waals surface area contributed by atoms with Gasteiger partial charge in [0.15, 0.2) is 6.61 Å². The first-order valence-corrected chi connectivity index (χ1v) is 8.27. The number of hydrogen-bond acceptors (Lipinski definition) is 5. The molecule has 0 atom stereocenters. The van der Waals surface area contributed by atoms with Crippen molar-refractivity contribution >= 4 is 17.6 Å². The van der Waals surface area contributed by atoms with Crippen molar-refractivity contribution in [1.82, 2.24) is 5.32 Å². The van der Waals surface area contributed by atoms with Gasteiger partial charge in [-0.05, 0) is 25.0 Å². The van der Waals surface area contributed by atoms with Crippen LogP contribution in [0.4, 0.5) is 5.69 Å². The molecule has 1 aliphatic carbocycles. The number of hydrogen-bond donors (Lipinski definition) is 1. The molecule has 0 unspecified atom stereocenters. The minimum absolute atomic E-state index is 0.103. The van der Waals surface area contributed by atoms with Gasteiger partial charge in [-0.2, -0.15) is 0 Å². The minimum atomic E-state index is -0.669. The second-order valence-electron chi connectivity index (χ2n) is 5.99. The number of ether oxygens (including phenoxy) is 1. The minimum Gasteiger partial charge on any atom is -0.452 e. The molecule has 1 N–H and O–H groups in total. The van der Waals surface area contributed by atoms with Crippen LogP contribution in [-0.2, 0) is 9.53 Å². The van der Waals surface area contributed by atoms with Gasteiger partial charge in [0.1, 0.15) is 0 Å². The van der Waals surface area contributed by atoms with Crippen molar-refractivity contribution in [2.45, 2.75) is 51.0 Å². The summed E-state index contributed by atoms with van der Waals surface area (Å²) in [6.07, 6.45) is 7.78. The number of nitro benzene ring substituents is 1. The van der Waals surface area contributed by atoms with E-state index in [-0.39, 0.29) is 29.8 Å². The van der Waals surface area contributed by atoms with Crippen LogP contribution in [0.15, 0.2) is 24.3 Å². The lowest BCUT2D eigenvalue weighted by Crippen LogP contribution is -2.38. The number of nitrogens with one attached hydrogen (secondary N) is 1. The number of carbonyl (C=O) groups is 2. The molecular weight excluding hydrogens is 312 g/mol. The van der Waals surface area contributed by atoms with E-state index in [0.29, 0.717) is 0 Å². The monoisotopic (exact) mass is 334 g/mol. The van der Waals surface area contributed by atoms with E-state index < -0.39 is 10.9 Å². The van der Waals surface area contributed by atoms with Gasteiger partial charge in [-0.15, -0.1) is 0 Å². The lowest BCUT2D eigenvalue weighted by Gasteiger charge is -2.20. The molecule has 0 radical (unpaired) electrons. The average molecular weight is 334 g/mol. The van der Waals surface area contributed by atoms with E-state index in [2.05, 4.69) is 5.32 Å². The van der Waals surface area contributed by atoms with Crippen LogP contribution in [0, 0.1) is 10.1 Å². The third kappa shape index (κ3) is 5.64. The fraction of sp³-hybridized carbons (Fsp3) is 0.529. The van der Waals surface area contributed by atoms with Crippen molar-refractivity contribution in [3.63, 3.8) is 0 Å². The fourth-order valence-electron chi connectivity index (χ4n) is 2.80. The highest BCUT2D eigenvalue weighted by Gasteiger charge is 2.16. The molecule has 0 bridgehead atoms. The van der Waals surface area contributed by atoms with Crippen molar-refractivity contribution in [2.75, 3.05) is 6.61 Å². The second kappa shape index (κ2) is 9.00. The number of non-ortho nitro benzene ring substituents is 1. The Hall–Kier alpha value is -2.44. The Morgan fingerprint density at radius 1 is 1.08 bits per heavy atom. The Balaban J connectivity index is 1.77. The molecule has 7 nitrogen and oxygen atoms in total. The normalized spacial score (nSPS) is 15.8. The highest BCUT2D eigenvalue weighted by Crippen LogP contribution is 2.17. The van der Waals surface area contributed by atoms with Gasteiger partial charge in [-0.25, -0.2) is 4.79 Å². The summed E-state index contributed by atoms with van der Waals surface area (Å²) < 4.78 is 4.97. The van der Waals surface area contributed by atoms with Gasteiger partial charge in [0.25, 0.3) is 11.6 Å². The van der Waals surface area contributed by atoms with Crippen molar-refractivity contribution < 1.29 is 19.2 Å². The number of amides is 1. The van der Waals surface area contributed by atoms with Crippen molar-refractivity contribution in [3.05, 3.63) is 39.9 Å². The molecular formula is C17H22N2O5. The van der Waals surface area contributed by atoms with Crippen molar-refractivity contribution in [2.24, 2.45) is 0 Å². The fourth-order valence-corrected chi connectivity index (χ4v) is 2.80. The molecule has 0 saturated heterocycles. The number of benzene rings is 1. The molecule has 0 aromatic heterocycles. The molecule has 7 heteroatoms. The summed E-state index contributed by atoms with van der Waals surface area (Å²) in [4.78, 5) is 33.8. The Morgan fingerprint density at radius 2 is 1.67 bits per heavy atom. The maximum atomic E-state index is 11.9. The van der Waals surface area contributed by atoms with Crippen LogP contribution in [0.3, 0.4) is 0 Å². The van der Waals surface area contributed by atoms with Gasteiger partial charge in [0.2, 0.25) is 0 Å². The first-order chi connectivity index (χ1) is 11.6. The largest absolute Gasteiger partial charge is 0.452 e. The first kappa shape index (κ1) is 17.9. The van der Waals surface area contributed by atoms with Crippen LogP contribution in [0.1, 0.15) is 55.3 Å². The molecule has 24 heavy (non-hydrogen) atoms. The standard InChI is InChI=1S/C17H22N2O5/c20-16(18-14-6-4-2-1-3-5-7-14)12-24-17(21)13-8-10-15(11-9-13)19(22)23/h8-11,14H,1-7,12H2,(H,18,20). The number of rotatable bonds is 5. The average Bonchev–Trinajstić information content (AvgIpc) is 2.55. The summed E-state index contributed by atoms with van der Waals surface area (Å²) in [5.41, 5.74) is 0.0768. The zero-order chi connectivity index (χ0) is 17.4. The van der Waals surface area contributed by atoms with Crippen LogP contribution < -0.4 is 5.32 Å². The number of esters is 1. The first-order valence-electron chi connectivity index (χ1n) is 8.27. The Kier molecular flexibility index (Phi) is 6.72. The smallest absolute Gasteiger partial charge is 0.338 e. The predicted molar refractivity (Wildman–Crippen MR) is 87.6 cm³/mol. The molecule has 1 fully saturated rings. The quantitative estimate of drug-likeness (QED) is 0.507. The highest BCUT2D eigenvalue weighted by molar-refractivity contribution is 5.91. The molecule has 130 valence electrons. The van der Waals surface area contributed by atoms with Crippen molar-refractivity contribution in [3.8, 4) is 0 Å². The molecule has 0 spiro atoms. The molecule has 2 rings (SSSR count). The predicted octanol–water partition coefficient (Wildman–Crippen LogP) is 2.98. The summed E-state index contributed by atoms with van der Waals surface area (Å²) in [5, 5.41) is 13.5. The Bertz CT molecular complexity index is 577. The molecule has 1 aromatic carbocycles. The number of carbonyl (C=O) groups excluding carboxylic acids is 2. The highest BCUT2D eigenvalue weighted by atomic mass is 16.6. The van der Waals surface area contributed by atoms with E-state index in [1.165, 1.54) is 43.5 Å². The SMILES string of the molecule is O=C(COC(=O)c1ccc([N+](=O)[O-])cc1)NC1CCCCCCC1. The summed E-state index contributed by atoms with van der Waals surface area (Å²) in [6, 6.07) is 5.23. The van der Waals surface area contributed by atoms with Crippen LogP contribution in [0.5, 0.6) is 0 Å². The summed E-state index contributed by atoms with van der Waals surface area (Å²) in [6.45, 7) is -0.341. The van der Waals surface area contributed by atoms with Gasteiger partial charge < -0.3 is 10.1 Å². The van der Waals surface area contributed by atoms with E-state index in [1.54, 1.807) is 0 Å². The van der Waals surface area contributed by atoms with Crippen LogP contribution in [0.2, 0.25) is 0 Å². The molecule has 0 aliphatic heterocycles. The van der Waals surface area contributed by atoms with Gasteiger partial charge in [-0.1, -0.05) is 32.1 Å². The molecule has 0 heterocycles. The molecule has 1 saturated carbocycles. The van der Waals surface area contributed by atoms with Crippen LogP contribution >= 0.6 is 0 Å². The van der Waals surface area contributed by atoms with E-state index in [9.17, 15) is 19.7 Å². The second-order valence-corrected chi connectivity index (χ2v) is 5.99. The van der Waals surface area contributed by atoms with Crippen LogP contribution in [0.25, 0.3) is 0 Å². The lowest BCUT2D eigenvalue weighted by molar-refractivity contribution is -0.384. The van der Waals surface area contributed by atoms with E-state index >= 15 is 0 Å². The van der Waals surface area contributed by atoms with Gasteiger partial charge in [0.05, 0.1) is 10.5 Å². The molecule has 1 aromatic rings. The maximum absolute atomic E-state index is 11.9. The molecule has 1 amide bonds. The summed E-state index contributed by atoms with van der Waals surface area (Å²) in [5.74, 6) is -0.978. The van der Waals surface area contributed by atoms with Crippen LogP contribution in [-0.4, -0.2) is 29.4 Å². The number of nitro groups is 1. The number of nitrogens with zero attached hydrogens (tertiary/aromatic N) is 1. The zero-order valence-corrected chi connectivity index (χ0v) is 13.5. The third-order valence-electron chi connectivity index (χ3n) is 4.12. The zero-order valence-electron chi connectivity index (χ0n) is 13.5. The van der Waals surface area contributed by atoms with E-state index in [4.69, 9.17) is 4.74 Å². The van der Waals surface area contributed by atoms with Gasteiger partial charge in [0, 0.05) is 18.2 Å². The maximum Gasteiger partial charge on any atom is 0.338 e. The summed E-state index contributed by atoms with van der Waals surface area (Å²) in [7, 11) is 0.